The summed E-state index contributed by atoms with van der Waals surface area (Å²) in [5, 5.41) is 6.91. The van der Waals surface area contributed by atoms with Crippen LogP contribution in [0.5, 0.6) is 0 Å². The highest BCUT2D eigenvalue weighted by molar-refractivity contribution is 4.77. The molecule has 0 aromatic rings. The Kier molecular flexibility index (Phi) is 3.87. The monoisotopic (exact) mass is 156 g/mol. The number of hydrogen-bond acceptors (Lipinski definition) is 2. The lowest BCUT2D eigenvalue weighted by Gasteiger charge is -2.28. The Labute approximate surface area is 69.8 Å². The maximum atomic E-state index is 3.48. The van der Waals surface area contributed by atoms with Gasteiger partial charge in [0.15, 0.2) is 0 Å². The van der Waals surface area contributed by atoms with Crippen molar-refractivity contribution in [2.24, 2.45) is 5.92 Å². The van der Waals surface area contributed by atoms with E-state index in [1.807, 2.05) is 0 Å². The molecular formula is C9H20N2. The van der Waals surface area contributed by atoms with Crippen LogP contribution >= 0.6 is 0 Å². The number of hydrogen-bond donors (Lipinski definition) is 2. The van der Waals surface area contributed by atoms with Gasteiger partial charge in [0.05, 0.1) is 0 Å². The van der Waals surface area contributed by atoms with Gasteiger partial charge in [-0.3, -0.25) is 0 Å². The van der Waals surface area contributed by atoms with Crippen LogP contribution in [-0.2, 0) is 0 Å². The molecule has 66 valence electrons. The molecule has 1 aliphatic heterocycles. The predicted molar refractivity (Wildman–Crippen MR) is 48.7 cm³/mol. The summed E-state index contributed by atoms with van der Waals surface area (Å²) in [5.41, 5.74) is 0. The summed E-state index contributed by atoms with van der Waals surface area (Å²) in [5.74, 6) is 0.851. The van der Waals surface area contributed by atoms with E-state index in [2.05, 4.69) is 24.5 Å². The first-order valence-electron chi connectivity index (χ1n) is 4.78. The zero-order valence-corrected chi connectivity index (χ0v) is 7.69. The Morgan fingerprint density at radius 2 is 2.45 bits per heavy atom. The lowest BCUT2D eigenvalue weighted by molar-refractivity contribution is 0.301. The zero-order valence-electron chi connectivity index (χ0n) is 7.69. The lowest BCUT2D eigenvalue weighted by Crippen LogP contribution is -2.42. The highest BCUT2D eigenvalue weighted by Gasteiger charge is 2.18. The van der Waals surface area contributed by atoms with Gasteiger partial charge < -0.3 is 10.6 Å². The van der Waals surface area contributed by atoms with Gasteiger partial charge in [0.1, 0.15) is 0 Å². The smallest absolute Gasteiger partial charge is 0.00790 e. The average Bonchev–Trinajstić information content (AvgIpc) is 2.07. The quantitative estimate of drug-likeness (QED) is 0.636. The van der Waals surface area contributed by atoms with E-state index in [1.165, 1.54) is 25.9 Å². The van der Waals surface area contributed by atoms with E-state index in [0.29, 0.717) is 6.04 Å². The third-order valence-corrected chi connectivity index (χ3v) is 2.57. The largest absolute Gasteiger partial charge is 0.316 e. The van der Waals surface area contributed by atoms with Crippen LogP contribution in [0.25, 0.3) is 0 Å². The van der Waals surface area contributed by atoms with Gasteiger partial charge in [0.2, 0.25) is 0 Å². The molecule has 0 amide bonds. The van der Waals surface area contributed by atoms with E-state index in [-0.39, 0.29) is 0 Å². The lowest BCUT2D eigenvalue weighted by atomic mass is 9.93. The Hall–Kier alpha value is -0.0800. The van der Waals surface area contributed by atoms with E-state index in [1.54, 1.807) is 0 Å². The topological polar surface area (TPSA) is 24.1 Å². The minimum absolute atomic E-state index is 0.688. The van der Waals surface area contributed by atoms with Crippen molar-refractivity contribution in [1.29, 1.82) is 0 Å². The van der Waals surface area contributed by atoms with Gasteiger partial charge in [0.25, 0.3) is 0 Å². The second-order valence-corrected chi connectivity index (χ2v) is 3.45. The molecule has 2 atom stereocenters. The third kappa shape index (κ3) is 2.80. The van der Waals surface area contributed by atoms with Crippen LogP contribution in [0.1, 0.15) is 26.7 Å². The molecule has 0 aromatic heterocycles. The minimum Gasteiger partial charge on any atom is -0.316 e. The van der Waals surface area contributed by atoms with E-state index < -0.39 is 0 Å². The summed E-state index contributed by atoms with van der Waals surface area (Å²) in [4.78, 5) is 0. The van der Waals surface area contributed by atoms with Gasteiger partial charge in [-0.15, -0.1) is 0 Å². The van der Waals surface area contributed by atoms with Crippen molar-refractivity contribution in [1.82, 2.24) is 10.6 Å². The Morgan fingerprint density at radius 1 is 1.64 bits per heavy atom. The Balaban J connectivity index is 2.21. The maximum Gasteiger partial charge on any atom is 0.00790 e. The van der Waals surface area contributed by atoms with Crippen LogP contribution in [0.15, 0.2) is 0 Å². The molecule has 0 radical (unpaired) electrons. The van der Waals surface area contributed by atoms with Crippen molar-refractivity contribution in [3.05, 3.63) is 0 Å². The maximum absolute atomic E-state index is 3.48. The molecule has 0 aliphatic carbocycles. The van der Waals surface area contributed by atoms with Crippen LogP contribution in [0.3, 0.4) is 0 Å². The Bertz CT molecular complexity index is 97.7. The standard InChI is InChI=1S/C9H20N2/c1-3-11-8(2)9-5-4-6-10-7-9/h8-11H,3-7H2,1-2H3. The average molecular weight is 156 g/mol. The van der Waals surface area contributed by atoms with Gasteiger partial charge in [-0.2, -0.15) is 0 Å². The summed E-state index contributed by atoms with van der Waals surface area (Å²) in [7, 11) is 0. The second-order valence-electron chi connectivity index (χ2n) is 3.45. The predicted octanol–water partition coefficient (Wildman–Crippen LogP) is 0.984. The normalized spacial score (nSPS) is 28.4. The van der Waals surface area contributed by atoms with E-state index in [4.69, 9.17) is 0 Å². The minimum atomic E-state index is 0.688. The molecule has 2 heteroatoms. The molecule has 1 rings (SSSR count). The van der Waals surface area contributed by atoms with Crippen molar-refractivity contribution in [2.75, 3.05) is 19.6 Å². The molecule has 2 N–H and O–H groups in total. The van der Waals surface area contributed by atoms with Gasteiger partial charge >= 0.3 is 0 Å². The third-order valence-electron chi connectivity index (χ3n) is 2.57. The van der Waals surface area contributed by atoms with Crippen molar-refractivity contribution in [2.45, 2.75) is 32.7 Å². The molecule has 2 unspecified atom stereocenters. The number of nitrogens with one attached hydrogen (secondary N) is 2. The summed E-state index contributed by atoms with van der Waals surface area (Å²) in [6.45, 7) is 7.98. The molecule has 1 heterocycles. The van der Waals surface area contributed by atoms with E-state index >= 15 is 0 Å². The van der Waals surface area contributed by atoms with Crippen molar-refractivity contribution >= 4 is 0 Å². The molecule has 1 saturated heterocycles. The van der Waals surface area contributed by atoms with Crippen LogP contribution in [-0.4, -0.2) is 25.7 Å². The fourth-order valence-electron chi connectivity index (χ4n) is 1.79. The second kappa shape index (κ2) is 4.73. The van der Waals surface area contributed by atoms with Crippen molar-refractivity contribution in [3.8, 4) is 0 Å². The molecule has 1 fully saturated rings. The summed E-state index contributed by atoms with van der Waals surface area (Å²) >= 11 is 0. The molecule has 0 aromatic carbocycles. The number of piperidine rings is 1. The molecule has 11 heavy (non-hydrogen) atoms. The van der Waals surface area contributed by atoms with Crippen molar-refractivity contribution < 1.29 is 0 Å². The molecular weight excluding hydrogens is 136 g/mol. The fourth-order valence-corrected chi connectivity index (χ4v) is 1.79. The van der Waals surface area contributed by atoms with Gasteiger partial charge in [-0.05, 0) is 45.3 Å². The van der Waals surface area contributed by atoms with Crippen molar-refractivity contribution in [3.63, 3.8) is 0 Å². The molecule has 0 spiro atoms. The van der Waals surface area contributed by atoms with Crippen LogP contribution in [0, 0.1) is 5.92 Å². The summed E-state index contributed by atoms with van der Waals surface area (Å²) < 4.78 is 0. The summed E-state index contributed by atoms with van der Waals surface area (Å²) in [6, 6.07) is 0.688. The van der Waals surface area contributed by atoms with Gasteiger partial charge in [-0.1, -0.05) is 6.92 Å². The van der Waals surface area contributed by atoms with Crippen LogP contribution < -0.4 is 10.6 Å². The first-order chi connectivity index (χ1) is 5.34. The number of rotatable bonds is 3. The first kappa shape index (κ1) is 9.01. The first-order valence-corrected chi connectivity index (χ1v) is 4.78. The van der Waals surface area contributed by atoms with Crippen LogP contribution in [0.4, 0.5) is 0 Å². The highest BCUT2D eigenvalue weighted by atomic mass is 14.9. The molecule has 0 saturated carbocycles. The Morgan fingerprint density at radius 3 is 3.00 bits per heavy atom. The highest BCUT2D eigenvalue weighted by Crippen LogP contribution is 2.13. The molecule has 2 nitrogen and oxygen atoms in total. The van der Waals surface area contributed by atoms with Crippen LogP contribution in [0.2, 0.25) is 0 Å². The SMILES string of the molecule is CCNC(C)C1CCCNC1. The molecule has 0 bridgehead atoms. The van der Waals surface area contributed by atoms with E-state index in [9.17, 15) is 0 Å². The molecule has 1 aliphatic rings. The zero-order chi connectivity index (χ0) is 8.10. The van der Waals surface area contributed by atoms with E-state index in [0.717, 1.165) is 12.5 Å². The fraction of sp³-hybridized carbons (Fsp3) is 1.00. The van der Waals surface area contributed by atoms with Gasteiger partial charge in [-0.25, -0.2) is 0 Å². The van der Waals surface area contributed by atoms with Gasteiger partial charge in [0, 0.05) is 6.04 Å². The summed E-state index contributed by atoms with van der Waals surface area (Å²) in [6.07, 6.45) is 2.74.